The Morgan fingerprint density at radius 3 is 2.72 bits per heavy atom. The summed E-state index contributed by atoms with van der Waals surface area (Å²) in [5.41, 5.74) is 0. The molecule has 132 valence electrons. The number of methoxy groups -OCH3 is 1. The second-order valence-corrected chi connectivity index (χ2v) is 7.69. The number of ether oxygens (including phenoxy) is 4. The van der Waals surface area contributed by atoms with Crippen molar-refractivity contribution >= 4 is 10.4 Å². The fourth-order valence-electron chi connectivity index (χ4n) is 2.72. The molecule has 0 radical (unpaired) electrons. The molecule has 0 bridgehead atoms. The maximum Gasteiger partial charge on any atom is 0.231 e. The van der Waals surface area contributed by atoms with Crippen molar-refractivity contribution in [2.45, 2.75) is 11.0 Å². The zero-order valence-electron chi connectivity index (χ0n) is 13.5. The first kappa shape index (κ1) is 16.2. The average molecular weight is 363 g/mol. The number of nitrogens with zero attached hydrogens (tertiary/aromatic N) is 1. The van der Waals surface area contributed by atoms with E-state index >= 15 is 0 Å². The Morgan fingerprint density at radius 1 is 1.12 bits per heavy atom. The van der Waals surface area contributed by atoms with Gasteiger partial charge in [0.05, 0.1) is 20.2 Å². The van der Waals surface area contributed by atoms with Crippen molar-refractivity contribution in [2.75, 3.05) is 27.0 Å². The molecule has 1 atom stereocenters. The summed E-state index contributed by atoms with van der Waals surface area (Å²) in [6.45, 7) is 0.802. The normalized spacial score (nSPS) is 19.1. The predicted octanol–water partition coefficient (Wildman–Crippen LogP) is 2.09. The van der Waals surface area contributed by atoms with Gasteiger partial charge in [-0.05, 0) is 24.3 Å². The maximum atomic E-state index is 12.6. The van der Waals surface area contributed by atoms with Gasteiger partial charge in [0.25, 0.3) is 0 Å². The third-order valence-corrected chi connectivity index (χ3v) is 5.97. The van der Waals surface area contributed by atoms with Crippen molar-refractivity contribution in [3.63, 3.8) is 0 Å². The standard InChI is InChI=1S/C17H17NO6S/c1-21-12-3-2-4-15(7-12)25(19,20)18-9-14(10-18)24-13-5-6-16-17(8-13)23-11-22-16/h2-8,14H,9-11H2,1H3. The number of sulfonamides is 1. The van der Waals surface area contributed by atoms with E-state index in [1.165, 1.54) is 17.5 Å². The maximum absolute atomic E-state index is 12.6. The van der Waals surface area contributed by atoms with Gasteiger partial charge in [-0.25, -0.2) is 0 Å². The largest absolute Gasteiger partial charge is 0.593 e. The molecular formula is C17H17NO6S. The zero-order valence-corrected chi connectivity index (χ0v) is 14.4. The van der Waals surface area contributed by atoms with Crippen LogP contribution in [0.25, 0.3) is 0 Å². The number of fused-ring (bicyclic) bond motifs is 1. The monoisotopic (exact) mass is 363 g/mol. The van der Waals surface area contributed by atoms with Gasteiger partial charge < -0.3 is 23.5 Å². The van der Waals surface area contributed by atoms with Crippen LogP contribution in [-0.4, -0.2) is 42.0 Å². The minimum Gasteiger partial charge on any atom is -0.593 e. The highest BCUT2D eigenvalue weighted by Crippen LogP contribution is 2.36. The molecule has 0 N–H and O–H groups in total. The quantitative estimate of drug-likeness (QED) is 0.757. The van der Waals surface area contributed by atoms with E-state index in [1.807, 2.05) is 0 Å². The van der Waals surface area contributed by atoms with Crippen LogP contribution in [0.5, 0.6) is 23.0 Å². The summed E-state index contributed by atoms with van der Waals surface area (Å²) in [4.78, 5) is 0.216. The molecule has 2 aromatic carbocycles. The Hall–Kier alpha value is -2.29. The Balaban J connectivity index is 1.40. The molecule has 2 aliphatic heterocycles. The number of hydrogen-bond acceptors (Lipinski definition) is 6. The van der Waals surface area contributed by atoms with Crippen LogP contribution in [0.15, 0.2) is 47.4 Å². The number of rotatable bonds is 5. The molecule has 2 aliphatic rings. The minimum atomic E-state index is -3.54. The molecule has 0 aliphatic carbocycles. The predicted molar refractivity (Wildman–Crippen MR) is 88.6 cm³/mol. The van der Waals surface area contributed by atoms with Crippen molar-refractivity contribution < 1.29 is 27.7 Å². The van der Waals surface area contributed by atoms with Crippen LogP contribution in [0.1, 0.15) is 0 Å². The smallest absolute Gasteiger partial charge is 0.231 e. The second kappa shape index (κ2) is 6.21. The minimum absolute atomic E-state index is 0.194. The first-order valence-corrected chi connectivity index (χ1v) is 9.21. The number of hydrogen-bond donors (Lipinski definition) is 0. The molecular weight excluding hydrogens is 346 g/mol. The van der Waals surface area contributed by atoms with Gasteiger partial charge in [-0.1, -0.05) is 10.3 Å². The lowest BCUT2D eigenvalue weighted by atomic mass is 10.2. The second-order valence-electron chi connectivity index (χ2n) is 5.76. The molecule has 0 saturated carbocycles. The molecule has 2 heterocycles. The first-order valence-electron chi connectivity index (χ1n) is 7.77. The Kier molecular flexibility index (Phi) is 4.03. The van der Waals surface area contributed by atoms with Gasteiger partial charge in [-0.15, -0.1) is 4.31 Å². The van der Waals surface area contributed by atoms with Gasteiger partial charge in [0.1, 0.15) is 17.6 Å². The van der Waals surface area contributed by atoms with Gasteiger partial charge in [0, 0.05) is 12.1 Å². The number of benzene rings is 2. The lowest BCUT2D eigenvalue weighted by Crippen LogP contribution is -2.58. The van der Waals surface area contributed by atoms with Gasteiger partial charge in [-0.3, -0.25) is 0 Å². The lowest BCUT2D eigenvalue weighted by molar-refractivity contribution is 0.0702. The fraction of sp³-hybridized carbons (Fsp3) is 0.294. The molecule has 4 rings (SSSR count). The van der Waals surface area contributed by atoms with Crippen molar-refractivity contribution in [3.8, 4) is 23.0 Å². The van der Waals surface area contributed by atoms with Crippen molar-refractivity contribution in [3.05, 3.63) is 42.5 Å². The fourth-order valence-corrected chi connectivity index (χ4v) is 4.26. The molecule has 1 fully saturated rings. The van der Waals surface area contributed by atoms with Gasteiger partial charge in [0.15, 0.2) is 26.8 Å². The van der Waals surface area contributed by atoms with E-state index in [9.17, 15) is 8.76 Å². The third-order valence-electron chi connectivity index (χ3n) is 4.14. The van der Waals surface area contributed by atoms with Crippen molar-refractivity contribution in [2.24, 2.45) is 0 Å². The Morgan fingerprint density at radius 2 is 1.92 bits per heavy atom. The van der Waals surface area contributed by atoms with Crippen molar-refractivity contribution in [1.29, 1.82) is 0 Å². The molecule has 2 aromatic rings. The summed E-state index contributed by atoms with van der Waals surface area (Å²) in [5, 5.41) is 0. The molecule has 0 aromatic heterocycles. The molecule has 0 amide bonds. The van der Waals surface area contributed by atoms with Crippen LogP contribution < -0.4 is 18.9 Å². The molecule has 1 saturated heterocycles. The highest BCUT2D eigenvalue weighted by molar-refractivity contribution is 7.95. The summed E-state index contributed by atoms with van der Waals surface area (Å²) in [7, 11) is -2.04. The van der Waals surface area contributed by atoms with E-state index in [2.05, 4.69) is 0 Å². The van der Waals surface area contributed by atoms with Crippen LogP contribution in [-0.2, 0) is 14.6 Å². The Labute approximate surface area is 146 Å². The van der Waals surface area contributed by atoms with Crippen LogP contribution in [0, 0.1) is 0 Å². The highest BCUT2D eigenvalue weighted by Gasteiger charge is 2.42. The van der Waals surface area contributed by atoms with Crippen LogP contribution in [0.3, 0.4) is 0 Å². The van der Waals surface area contributed by atoms with E-state index < -0.39 is 10.4 Å². The molecule has 25 heavy (non-hydrogen) atoms. The molecule has 1 unspecified atom stereocenters. The summed E-state index contributed by atoms with van der Waals surface area (Å²) >= 11 is 0. The zero-order chi connectivity index (χ0) is 17.4. The van der Waals surface area contributed by atoms with Crippen LogP contribution in [0.4, 0.5) is 0 Å². The van der Waals surface area contributed by atoms with E-state index in [-0.39, 0.29) is 17.8 Å². The molecule has 0 spiro atoms. The molecule has 7 nitrogen and oxygen atoms in total. The van der Waals surface area contributed by atoms with E-state index in [0.717, 1.165) is 0 Å². The average Bonchev–Trinajstić information content (AvgIpc) is 3.05. The summed E-state index contributed by atoms with van der Waals surface area (Å²) in [5.74, 6) is 2.46. The van der Waals surface area contributed by atoms with Gasteiger partial charge in [-0.2, -0.15) is 0 Å². The van der Waals surface area contributed by atoms with Crippen molar-refractivity contribution in [1.82, 2.24) is 4.31 Å². The van der Waals surface area contributed by atoms with E-state index in [1.54, 1.807) is 36.4 Å². The first-order chi connectivity index (χ1) is 12.1. The summed E-state index contributed by atoms with van der Waals surface area (Å²) in [6.07, 6.45) is -0.194. The SMILES string of the molecule is COc1cccc([S+](=O)([O-])N2CC(Oc3ccc4c(c3)OCO4)C2)c1. The highest BCUT2D eigenvalue weighted by atomic mass is 32.3. The summed E-state index contributed by atoms with van der Waals surface area (Å²) in [6, 6.07) is 11.8. The van der Waals surface area contributed by atoms with Crippen LogP contribution in [0.2, 0.25) is 0 Å². The summed E-state index contributed by atoms with van der Waals surface area (Å²) < 4.78 is 48.1. The van der Waals surface area contributed by atoms with Gasteiger partial charge in [0.2, 0.25) is 6.79 Å². The lowest BCUT2D eigenvalue weighted by Gasteiger charge is -2.39. The van der Waals surface area contributed by atoms with Crippen LogP contribution >= 0.6 is 0 Å². The van der Waals surface area contributed by atoms with E-state index in [4.69, 9.17) is 18.9 Å². The van der Waals surface area contributed by atoms with E-state index in [0.29, 0.717) is 36.1 Å². The van der Waals surface area contributed by atoms with Gasteiger partial charge >= 0.3 is 0 Å². The topological polar surface area (TPSA) is 80.3 Å². The third kappa shape index (κ3) is 3.04. The Bertz CT molecular complexity index is 836. The molecule has 8 heteroatoms.